The molecule has 1 aliphatic rings. The van der Waals surface area contributed by atoms with Gasteiger partial charge in [-0.25, -0.2) is 4.39 Å². The molecule has 33 heavy (non-hydrogen) atoms. The van der Waals surface area contributed by atoms with Crippen molar-refractivity contribution in [3.63, 3.8) is 0 Å². The van der Waals surface area contributed by atoms with Gasteiger partial charge in [-0.1, -0.05) is 0 Å². The van der Waals surface area contributed by atoms with Crippen LogP contribution >= 0.6 is 0 Å². The molecule has 2 heterocycles. The molecule has 10 heteroatoms. The van der Waals surface area contributed by atoms with Gasteiger partial charge in [-0.15, -0.1) is 0 Å². The number of anilines is 1. The van der Waals surface area contributed by atoms with Gasteiger partial charge >= 0.3 is 10.2 Å². The Kier molecular flexibility index (Phi) is 6.31. The van der Waals surface area contributed by atoms with Crippen LogP contribution in [0.4, 0.5) is 10.1 Å². The average molecular weight is 476 g/mol. The van der Waals surface area contributed by atoms with Crippen LogP contribution in [0.25, 0.3) is 22.3 Å². The van der Waals surface area contributed by atoms with E-state index in [9.17, 15) is 17.6 Å². The number of benzene rings is 2. The summed E-state index contributed by atoms with van der Waals surface area (Å²) in [6.45, 7) is 4.55. The van der Waals surface area contributed by atoms with Crippen LogP contribution < -0.4 is 14.8 Å². The summed E-state index contributed by atoms with van der Waals surface area (Å²) >= 11 is 0. The second kappa shape index (κ2) is 9.03. The fourth-order valence-electron chi connectivity index (χ4n) is 3.84. The Labute approximate surface area is 191 Å². The van der Waals surface area contributed by atoms with Gasteiger partial charge in [-0.05, 0) is 57.0 Å². The topological polar surface area (TPSA) is 101 Å². The SMILES string of the molecule is CNC(=O)c1c(-c2ccc(F)cc2)oc2cc(NS(=O)(=O)N3CCCC3)c(OC(C)C)cc12. The third kappa shape index (κ3) is 4.67. The predicted octanol–water partition coefficient (Wildman–Crippen LogP) is 4.14. The minimum atomic E-state index is -3.78. The van der Waals surface area contributed by atoms with E-state index in [-0.39, 0.29) is 28.9 Å². The Balaban J connectivity index is 1.88. The number of ether oxygens (including phenoxy) is 1. The number of nitrogens with one attached hydrogen (secondary N) is 2. The molecule has 1 aliphatic heterocycles. The van der Waals surface area contributed by atoms with E-state index in [1.807, 2.05) is 13.8 Å². The van der Waals surface area contributed by atoms with Crippen molar-refractivity contribution in [3.8, 4) is 17.1 Å². The van der Waals surface area contributed by atoms with Crippen molar-refractivity contribution in [1.82, 2.24) is 9.62 Å². The molecule has 0 bridgehead atoms. The number of carbonyl (C=O) groups excluding carboxylic acids is 1. The molecule has 1 saturated heterocycles. The van der Waals surface area contributed by atoms with Gasteiger partial charge in [0.2, 0.25) is 0 Å². The second-order valence-corrected chi connectivity index (χ2v) is 9.79. The molecule has 0 spiro atoms. The zero-order valence-corrected chi connectivity index (χ0v) is 19.5. The minimum absolute atomic E-state index is 0.214. The zero-order valence-electron chi connectivity index (χ0n) is 18.6. The summed E-state index contributed by atoms with van der Waals surface area (Å²) in [4.78, 5) is 12.8. The Morgan fingerprint density at radius 2 is 1.82 bits per heavy atom. The number of rotatable bonds is 7. The average Bonchev–Trinajstić information content (AvgIpc) is 3.42. The highest BCUT2D eigenvalue weighted by molar-refractivity contribution is 7.90. The summed E-state index contributed by atoms with van der Waals surface area (Å²) in [7, 11) is -2.28. The van der Waals surface area contributed by atoms with Gasteiger partial charge in [-0.2, -0.15) is 12.7 Å². The zero-order chi connectivity index (χ0) is 23.8. The third-order valence-electron chi connectivity index (χ3n) is 5.36. The van der Waals surface area contributed by atoms with Gasteiger partial charge in [0.05, 0.1) is 17.4 Å². The fraction of sp³-hybridized carbons (Fsp3) is 0.348. The lowest BCUT2D eigenvalue weighted by Crippen LogP contribution is -2.33. The van der Waals surface area contributed by atoms with Crippen molar-refractivity contribution < 1.29 is 26.8 Å². The molecule has 8 nitrogen and oxygen atoms in total. The van der Waals surface area contributed by atoms with E-state index in [0.29, 0.717) is 29.6 Å². The monoisotopic (exact) mass is 475 g/mol. The molecule has 2 aromatic carbocycles. The normalized spacial score (nSPS) is 14.7. The van der Waals surface area contributed by atoms with Crippen LogP contribution in [0.5, 0.6) is 5.75 Å². The highest BCUT2D eigenvalue weighted by Crippen LogP contribution is 2.40. The summed E-state index contributed by atoms with van der Waals surface area (Å²) < 4.78 is 55.1. The van der Waals surface area contributed by atoms with Gasteiger partial charge in [0.25, 0.3) is 5.91 Å². The predicted molar refractivity (Wildman–Crippen MR) is 124 cm³/mol. The lowest BCUT2D eigenvalue weighted by molar-refractivity contribution is 0.0964. The number of amides is 1. The van der Waals surface area contributed by atoms with E-state index in [1.54, 1.807) is 6.07 Å². The number of carbonyl (C=O) groups is 1. The Morgan fingerprint density at radius 3 is 2.42 bits per heavy atom. The summed E-state index contributed by atoms with van der Waals surface area (Å²) in [5.41, 5.74) is 1.27. The van der Waals surface area contributed by atoms with E-state index in [2.05, 4.69) is 10.0 Å². The molecule has 0 radical (unpaired) electrons. The molecular formula is C23H26FN3O5S. The molecule has 0 unspecified atom stereocenters. The second-order valence-electron chi connectivity index (χ2n) is 8.12. The van der Waals surface area contributed by atoms with Crippen LogP contribution in [0.1, 0.15) is 37.0 Å². The third-order valence-corrected chi connectivity index (χ3v) is 6.88. The van der Waals surface area contributed by atoms with Crippen molar-refractivity contribution in [2.24, 2.45) is 0 Å². The minimum Gasteiger partial charge on any atom is -0.489 e. The first-order chi connectivity index (χ1) is 15.7. The number of nitrogens with zero attached hydrogens (tertiary/aromatic N) is 1. The maximum absolute atomic E-state index is 13.4. The standard InChI is InChI=1S/C23H26FN3O5S/c1-14(2)31-20-12-17-19(13-18(20)26-33(29,30)27-10-4-5-11-27)32-22(21(17)23(28)25-3)15-6-8-16(24)9-7-15/h6-9,12-14,26H,4-5,10-11H2,1-3H3,(H,25,28). The maximum atomic E-state index is 13.4. The van der Waals surface area contributed by atoms with Crippen LogP contribution in [0.15, 0.2) is 40.8 Å². The Bertz CT molecular complexity index is 1280. The lowest BCUT2D eigenvalue weighted by atomic mass is 10.0. The highest BCUT2D eigenvalue weighted by Gasteiger charge is 2.28. The molecule has 0 saturated carbocycles. The fourth-order valence-corrected chi connectivity index (χ4v) is 5.15. The molecule has 1 amide bonds. The van der Waals surface area contributed by atoms with Crippen molar-refractivity contribution in [2.75, 3.05) is 24.9 Å². The van der Waals surface area contributed by atoms with Crippen LogP contribution in [0.2, 0.25) is 0 Å². The van der Waals surface area contributed by atoms with E-state index >= 15 is 0 Å². The van der Waals surface area contributed by atoms with E-state index in [1.165, 1.54) is 41.7 Å². The van der Waals surface area contributed by atoms with Crippen molar-refractivity contribution in [3.05, 3.63) is 47.8 Å². The van der Waals surface area contributed by atoms with Gasteiger partial charge in [0, 0.05) is 37.2 Å². The lowest BCUT2D eigenvalue weighted by Gasteiger charge is -2.20. The first-order valence-corrected chi connectivity index (χ1v) is 12.2. The molecule has 4 rings (SSSR count). The van der Waals surface area contributed by atoms with E-state index < -0.39 is 21.9 Å². The van der Waals surface area contributed by atoms with Crippen LogP contribution in [0.3, 0.4) is 0 Å². The van der Waals surface area contributed by atoms with Gasteiger partial charge in [0.15, 0.2) is 0 Å². The van der Waals surface area contributed by atoms with Crippen LogP contribution in [-0.4, -0.2) is 44.9 Å². The van der Waals surface area contributed by atoms with Crippen LogP contribution in [-0.2, 0) is 10.2 Å². The molecule has 1 aromatic heterocycles. The molecule has 0 aliphatic carbocycles. The largest absolute Gasteiger partial charge is 0.489 e. The van der Waals surface area contributed by atoms with Gasteiger partial charge < -0.3 is 14.5 Å². The maximum Gasteiger partial charge on any atom is 0.301 e. The molecule has 1 fully saturated rings. The molecule has 3 aromatic rings. The summed E-state index contributed by atoms with van der Waals surface area (Å²) in [5, 5.41) is 3.05. The van der Waals surface area contributed by atoms with Gasteiger partial charge in [-0.3, -0.25) is 9.52 Å². The van der Waals surface area contributed by atoms with E-state index in [4.69, 9.17) is 9.15 Å². The molecule has 176 valence electrons. The summed E-state index contributed by atoms with van der Waals surface area (Å²) in [5.74, 6) is -0.284. The number of hydrogen-bond donors (Lipinski definition) is 2. The molecule has 2 N–H and O–H groups in total. The first-order valence-electron chi connectivity index (χ1n) is 10.7. The quantitative estimate of drug-likeness (QED) is 0.535. The Morgan fingerprint density at radius 1 is 1.15 bits per heavy atom. The molecular weight excluding hydrogens is 449 g/mol. The highest BCUT2D eigenvalue weighted by atomic mass is 32.2. The van der Waals surface area contributed by atoms with E-state index in [0.717, 1.165) is 12.8 Å². The van der Waals surface area contributed by atoms with Gasteiger partial charge in [0.1, 0.15) is 22.9 Å². The number of fused-ring (bicyclic) bond motifs is 1. The van der Waals surface area contributed by atoms with Crippen molar-refractivity contribution >= 4 is 32.8 Å². The Hall–Kier alpha value is -3.11. The number of furan rings is 1. The van der Waals surface area contributed by atoms with Crippen molar-refractivity contribution in [2.45, 2.75) is 32.8 Å². The first kappa shape index (κ1) is 23.1. The smallest absolute Gasteiger partial charge is 0.301 e. The van der Waals surface area contributed by atoms with Crippen LogP contribution in [0, 0.1) is 5.82 Å². The molecule has 0 atom stereocenters. The summed E-state index contributed by atoms with van der Waals surface area (Å²) in [6.07, 6.45) is 1.37. The number of halogens is 1. The van der Waals surface area contributed by atoms with Crippen molar-refractivity contribution in [1.29, 1.82) is 0 Å². The summed E-state index contributed by atoms with van der Waals surface area (Å²) in [6, 6.07) is 8.69. The number of hydrogen-bond acceptors (Lipinski definition) is 5.